The first kappa shape index (κ1) is 12.3. The first-order valence-corrected chi connectivity index (χ1v) is 6.61. The molecule has 0 amide bonds. The van der Waals surface area contributed by atoms with Gasteiger partial charge in [-0.05, 0) is 31.8 Å². The number of aromatic nitrogens is 4. The van der Waals surface area contributed by atoms with Gasteiger partial charge in [-0.1, -0.05) is 0 Å². The average molecular weight is 262 g/mol. The molecule has 0 aromatic carbocycles. The molecule has 0 saturated carbocycles. The van der Waals surface area contributed by atoms with E-state index < -0.39 is 0 Å². The van der Waals surface area contributed by atoms with Crippen molar-refractivity contribution in [3.05, 3.63) is 28.4 Å². The number of likely N-dealkylation sites (tertiary alicyclic amines) is 1. The van der Waals surface area contributed by atoms with E-state index in [-0.39, 0.29) is 5.56 Å². The maximum Gasteiger partial charge on any atom is 0.274 e. The van der Waals surface area contributed by atoms with Gasteiger partial charge in [0, 0.05) is 19.2 Å². The van der Waals surface area contributed by atoms with Crippen LogP contribution in [-0.4, -0.2) is 44.1 Å². The minimum absolute atomic E-state index is 0.120. The highest BCUT2D eigenvalue weighted by Gasteiger charge is 2.19. The minimum atomic E-state index is -0.120. The summed E-state index contributed by atoms with van der Waals surface area (Å²) in [5, 5.41) is 2.74. The fraction of sp³-hybridized carbons (Fsp3) is 0.583. The lowest BCUT2D eigenvalue weighted by atomic mass is 9.98. The normalized spacial score (nSPS) is 21.0. The Morgan fingerprint density at radius 1 is 1.53 bits per heavy atom. The lowest BCUT2D eigenvalue weighted by molar-refractivity contribution is 0.169. The summed E-state index contributed by atoms with van der Waals surface area (Å²) in [5.74, 6) is 0.985. The third kappa shape index (κ3) is 2.52. The van der Waals surface area contributed by atoms with Crippen LogP contribution in [0.25, 0.3) is 5.78 Å². The van der Waals surface area contributed by atoms with E-state index in [0.29, 0.717) is 18.2 Å². The van der Waals surface area contributed by atoms with Crippen molar-refractivity contribution in [1.29, 1.82) is 0 Å². The minimum Gasteiger partial charge on any atom is -0.330 e. The average Bonchev–Trinajstić information content (AvgIpc) is 2.88. The zero-order valence-electron chi connectivity index (χ0n) is 10.7. The summed E-state index contributed by atoms with van der Waals surface area (Å²) in [6.45, 7) is 3.44. The molecule has 3 rings (SSSR count). The van der Waals surface area contributed by atoms with Crippen molar-refractivity contribution in [2.24, 2.45) is 11.7 Å². The number of fused-ring (bicyclic) bond motifs is 1. The summed E-state index contributed by atoms with van der Waals surface area (Å²) >= 11 is 0. The van der Waals surface area contributed by atoms with Crippen molar-refractivity contribution in [3.63, 3.8) is 0 Å². The molecule has 2 aromatic rings. The van der Waals surface area contributed by atoms with Gasteiger partial charge in [-0.25, -0.2) is 9.97 Å². The summed E-state index contributed by atoms with van der Waals surface area (Å²) in [6, 6.07) is 1.57. The van der Waals surface area contributed by atoms with E-state index in [0.717, 1.165) is 31.7 Å². The van der Waals surface area contributed by atoms with Crippen molar-refractivity contribution in [2.45, 2.75) is 19.4 Å². The van der Waals surface area contributed by atoms with Crippen LogP contribution in [0.2, 0.25) is 0 Å². The SMILES string of the molecule is NCC1CCCN(Cc2cc(=O)n3[nH]cnc3n2)C1. The second-order valence-corrected chi connectivity index (χ2v) is 5.09. The molecule has 0 spiro atoms. The van der Waals surface area contributed by atoms with E-state index in [1.807, 2.05) is 0 Å². The van der Waals surface area contributed by atoms with Crippen LogP contribution in [0.5, 0.6) is 0 Å². The number of aromatic amines is 1. The molecule has 3 N–H and O–H groups in total. The van der Waals surface area contributed by atoms with E-state index in [4.69, 9.17) is 5.73 Å². The molecule has 102 valence electrons. The molecule has 0 aliphatic carbocycles. The number of H-pyrrole nitrogens is 1. The molecule has 19 heavy (non-hydrogen) atoms. The number of piperidine rings is 1. The summed E-state index contributed by atoms with van der Waals surface area (Å²) < 4.78 is 1.34. The van der Waals surface area contributed by atoms with Crippen LogP contribution in [0, 0.1) is 5.92 Å². The monoisotopic (exact) mass is 262 g/mol. The van der Waals surface area contributed by atoms with Gasteiger partial charge in [0.1, 0.15) is 6.33 Å². The molecule has 2 aromatic heterocycles. The van der Waals surface area contributed by atoms with Gasteiger partial charge in [-0.2, -0.15) is 4.52 Å². The first-order chi connectivity index (χ1) is 9.26. The highest BCUT2D eigenvalue weighted by Crippen LogP contribution is 2.16. The Bertz CT molecular complexity index is 618. The van der Waals surface area contributed by atoms with Crippen molar-refractivity contribution in [3.8, 4) is 0 Å². The summed E-state index contributed by atoms with van der Waals surface area (Å²) in [5.41, 5.74) is 6.39. The van der Waals surface area contributed by atoms with Crippen LogP contribution in [0.1, 0.15) is 18.5 Å². The number of hydrogen-bond acceptors (Lipinski definition) is 5. The van der Waals surface area contributed by atoms with E-state index >= 15 is 0 Å². The molecule has 0 radical (unpaired) electrons. The van der Waals surface area contributed by atoms with Gasteiger partial charge in [0.15, 0.2) is 0 Å². The third-order valence-electron chi connectivity index (χ3n) is 3.64. The fourth-order valence-electron chi connectivity index (χ4n) is 2.67. The molecule has 1 aliphatic heterocycles. The molecule has 3 heterocycles. The van der Waals surface area contributed by atoms with Gasteiger partial charge >= 0.3 is 0 Å². The van der Waals surface area contributed by atoms with Gasteiger partial charge in [0.05, 0.1) is 5.69 Å². The lowest BCUT2D eigenvalue weighted by Crippen LogP contribution is -2.38. The molecule has 1 aliphatic rings. The molecule has 1 atom stereocenters. The van der Waals surface area contributed by atoms with Crippen LogP contribution in [0.15, 0.2) is 17.2 Å². The first-order valence-electron chi connectivity index (χ1n) is 6.61. The number of nitrogens with one attached hydrogen (secondary N) is 1. The zero-order chi connectivity index (χ0) is 13.2. The Morgan fingerprint density at radius 3 is 3.26 bits per heavy atom. The van der Waals surface area contributed by atoms with Crippen LogP contribution in [0.3, 0.4) is 0 Å². The quantitative estimate of drug-likeness (QED) is 0.784. The smallest absolute Gasteiger partial charge is 0.274 e. The summed E-state index contributed by atoms with van der Waals surface area (Å²) in [7, 11) is 0. The maximum atomic E-state index is 11.8. The Kier molecular flexibility index (Phi) is 3.31. The van der Waals surface area contributed by atoms with E-state index in [1.165, 1.54) is 17.3 Å². The molecule has 1 fully saturated rings. The second-order valence-electron chi connectivity index (χ2n) is 5.09. The topological polar surface area (TPSA) is 92.3 Å². The Hall–Kier alpha value is -1.73. The Morgan fingerprint density at radius 2 is 2.42 bits per heavy atom. The lowest BCUT2D eigenvalue weighted by Gasteiger charge is -2.31. The van der Waals surface area contributed by atoms with Crippen molar-refractivity contribution < 1.29 is 0 Å². The predicted molar refractivity (Wildman–Crippen MR) is 70.7 cm³/mol. The molecule has 7 heteroatoms. The highest BCUT2D eigenvalue weighted by molar-refractivity contribution is 5.25. The van der Waals surface area contributed by atoms with Gasteiger partial charge < -0.3 is 5.73 Å². The zero-order valence-corrected chi connectivity index (χ0v) is 10.7. The molecule has 0 bridgehead atoms. The van der Waals surface area contributed by atoms with Crippen molar-refractivity contribution in [2.75, 3.05) is 19.6 Å². The Labute approximate surface area is 110 Å². The van der Waals surface area contributed by atoms with E-state index in [2.05, 4.69) is 20.0 Å². The number of nitrogens with two attached hydrogens (primary N) is 1. The van der Waals surface area contributed by atoms with Crippen molar-refractivity contribution in [1.82, 2.24) is 24.5 Å². The van der Waals surface area contributed by atoms with Gasteiger partial charge in [-0.15, -0.1) is 0 Å². The van der Waals surface area contributed by atoms with Gasteiger partial charge in [0.2, 0.25) is 0 Å². The number of rotatable bonds is 3. The molecule has 1 saturated heterocycles. The van der Waals surface area contributed by atoms with Crippen LogP contribution in [0.4, 0.5) is 0 Å². The van der Waals surface area contributed by atoms with Crippen LogP contribution >= 0.6 is 0 Å². The molecule has 1 unspecified atom stereocenters. The standard InChI is InChI=1S/C12H18N6O/c13-5-9-2-1-3-17(6-9)7-10-4-11(19)18-12(16-10)14-8-15-18/h4,8-9H,1-3,5-7,13H2,(H,14,15,16). The van der Waals surface area contributed by atoms with Gasteiger partial charge in [-0.3, -0.25) is 14.8 Å². The van der Waals surface area contributed by atoms with Crippen LogP contribution in [-0.2, 0) is 6.54 Å². The fourth-order valence-corrected chi connectivity index (χ4v) is 2.67. The van der Waals surface area contributed by atoms with E-state index in [9.17, 15) is 4.79 Å². The number of nitrogens with zero attached hydrogens (tertiary/aromatic N) is 4. The molecular formula is C12H18N6O. The summed E-state index contributed by atoms with van der Waals surface area (Å²) in [6.07, 6.45) is 3.83. The van der Waals surface area contributed by atoms with Gasteiger partial charge in [0.25, 0.3) is 11.3 Å². The highest BCUT2D eigenvalue weighted by atomic mass is 16.1. The second kappa shape index (κ2) is 5.10. The maximum absolute atomic E-state index is 11.8. The largest absolute Gasteiger partial charge is 0.330 e. The van der Waals surface area contributed by atoms with Crippen LogP contribution < -0.4 is 11.3 Å². The predicted octanol–water partition coefficient (Wildman–Crippen LogP) is -0.412. The number of hydrogen-bond donors (Lipinski definition) is 2. The van der Waals surface area contributed by atoms with Crippen molar-refractivity contribution >= 4 is 5.78 Å². The van der Waals surface area contributed by atoms with E-state index in [1.54, 1.807) is 6.07 Å². The third-order valence-corrected chi connectivity index (χ3v) is 3.64. The molecule has 7 nitrogen and oxygen atoms in total. The summed E-state index contributed by atoms with van der Waals surface area (Å²) in [4.78, 5) is 22.6. The Balaban J connectivity index is 1.79. The molecular weight excluding hydrogens is 244 g/mol.